The maximum Gasteiger partial charge on any atom is 0.277 e. The lowest BCUT2D eigenvalue weighted by Crippen LogP contribution is -3.16. The zero-order valence-corrected chi connectivity index (χ0v) is 14.6. The molecule has 1 aromatic carbocycles. The minimum Gasteiger partial charge on any atom is -0.360 e. The number of anilines is 1. The Bertz CT molecular complexity index is 534. The number of quaternary nitrogens is 1. The molecule has 1 amide bonds. The van der Waals surface area contributed by atoms with Crippen LogP contribution in [-0.4, -0.2) is 56.6 Å². The van der Waals surface area contributed by atoms with E-state index in [1.54, 1.807) is 0 Å². The number of likely N-dealkylation sites (N-methyl/N-ethyl adjacent to an activating group) is 1. The van der Waals surface area contributed by atoms with Crippen LogP contribution in [0, 0.1) is 5.82 Å². The van der Waals surface area contributed by atoms with Crippen LogP contribution in [0.1, 0.15) is 32.1 Å². The molecule has 3 rings (SSSR count). The number of nitrogens with zero attached hydrogens (tertiary/aromatic N) is 2. The lowest BCUT2D eigenvalue weighted by atomic mass is 9.94. The van der Waals surface area contributed by atoms with Crippen LogP contribution in [0.4, 0.5) is 10.1 Å². The Morgan fingerprint density at radius 2 is 1.79 bits per heavy atom. The number of nitrogens with one attached hydrogen (secondary N) is 1. The Morgan fingerprint density at radius 3 is 2.42 bits per heavy atom. The maximum atomic E-state index is 13.0. The summed E-state index contributed by atoms with van der Waals surface area (Å²) in [5.74, 6) is 0.0893. The molecule has 24 heavy (non-hydrogen) atoms. The van der Waals surface area contributed by atoms with E-state index in [1.165, 1.54) is 36.3 Å². The highest BCUT2D eigenvalue weighted by molar-refractivity contribution is 5.77. The third kappa shape index (κ3) is 4.26. The van der Waals surface area contributed by atoms with E-state index in [4.69, 9.17) is 0 Å². The molecule has 0 bridgehead atoms. The van der Waals surface area contributed by atoms with Gasteiger partial charge in [-0.05, 0) is 37.1 Å². The standard InChI is InChI=1S/C19H28FN3O/c1-21(17-5-3-2-4-6-17)19(24)15-22-11-13-23(14-12-22)18-9-7-16(20)8-10-18/h7-10,17H,2-6,11-15H2,1H3/p+1. The van der Waals surface area contributed by atoms with Crippen LogP contribution >= 0.6 is 0 Å². The predicted octanol–water partition coefficient (Wildman–Crippen LogP) is 1.32. The SMILES string of the molecule is CN(C(=O)C[NH+]1CCN(c2ccc(F)cc2)CC1)C1CCCCC1. The summed E-state index contributed by atoms with van der Waals surface area (Å²) in [6, 6.07) is 7.14. The molecule has 0 atom stereocenters. The molecule has 0 unspecified atom stereocenters. The number of carbonyl (C=O) groups excluding carboxylic acids is 1. The quantitative estimate of drug-likeness (QED) is 0.900. The summed E-state index contributed by atoms with van der Waals surface area (Å²) >= 11 is 0. The van der Waals surface area contributed by atoms with Crippen LogP contribution in [0.15, 0.2) is 24.3 Å². The van der Waals surface area contributed by atoms with Crippen molar-refractivity contribution in [2.45, 2.75) is 38.1 Å². The first-order valence-corrected chi connectivity index (χ1v) is 9.23. The van der Waals surface area contributed by atoms with Gasteiger partial charge in [0, 0.05) is 18.8 Å². The van der Waals surface area contributed by atoms with Gasteiger partial charge in [-0.3, -0.25) is 4.79 Å². The van der Waals surface area contributed by atoms with E-state index in [9.17, 15) is 9.18 Å². The molecule has 1 heterocycles. The van der Waals surface area contributed by atoms with Gasteiger partial charge in [0.1, 0.15) is 5.82 Å². The first kappa shape index (κ1) is 17.2. The Balaban J connectivity index is 1.46. The van der Waals surface area contributed by atoms with Crippen LogP contribution in [0.2, 0.25) is 0 Å². The lowest BCUT2D eigenvalue weighted by molar-refractivity contribution is -0.892. The normalized spacial score (nSPS) is 20.2. The fourth-order valence-corrected chi connectivity index (χ4v) is 3.92. The summed E-state index contributed by atoms with van der Waals surface area (Å²) < 4.78 is 13.0. The van der Waals surface area contributed by atoms with Crippen molar-refractivity contribution in [3.05, 3.63) is 30.1 Å². The van der Waals surface area contributed by atoms with Gasteiger partial charge in [-0.1, -0.05) is 19.3 Å². The number of piperazine rings is 1. The molecule has 2 fully saturated rings. The van der Waals surface area contributed by atoms with Gasteiger partial charge < -0.3 is 14.7 Å². The molecule has 1 N–H and O–H groups in total. The first-order chi connectivity index (χ1) is 11.6. The molecular formula is C19H29FN3O+. The molecule has 1 aromatic rings. The van der Waals surface area contributed by atoms with Crippen molar-refractivity contribution in [2.24, 2.45) is 0 Å². The second kappa shape index (κ2) is 7.97. The van der Waals surface area contributed by atoms with E-state index in [0.717, 1.165) is 44.7 Å². The molecule has 5 heteroatoms. The maximum absolute atomic E-state index is 13.0. The van der Waals surface area contributed by atoms with Gasteiger partial charge in [0.25, 0.3) is 5.91 Å². The number of hydrogen-bond acceptors (Lipinski definition) is 2. The predicted molar refractivity (Wildman–Crippen MR) is 93.8 cm³/mol. The fraction of sp³-hybridized carbons (Fsp3) is 0.632. The molecular weight excluding hydrogens is 305 g/mol. The van der Waals surface area contributed by atoms with Gasteiger partial charge in [-0.2, -0.15) is 0 Å². The van der Waals surface area contributed by atoms with Gasteiger partial charge in [0.2, 0.25) is 0 Å². The van der Waals surface area contributed by atoms with E-state index in [2.05, 4.69) is 4.90 Å². The molecule has 1 saturated heterocycles. The number of halogens is 1. The zero-order valence-electron chi connectivity index (χ0n) is 14.6. The summed E-state index contributed by atoms with van der Waals surface area (Å²) in [4.78, 5) is 18.2. The molecule has 0 spiro atoms. The second-order valence-electron chi connectivity index (χ2n) is 7.19. The molecule has 132 valence electrons. The Kier molecular flexibility index (Phi) is 5.72. The summed E-state index contributed by atoms with van der Waals surface area (Å²) in [6.45, 7) is 4.36. The van der Waals surface area contributed by atoms with Crippen molar-refractivity contribution in [3.8, 4) is 0 Å². The molecule has 1 aliphatic heterocycles. The number of hydrogen-bond donors (Lipinski definition) is 1. The fourth-order valence-electron chi connectivity index (χ4n) is 3.92. The largest absolute Gasteiger partial charge is 0.360 e. The molecule has 0 radical (unpaired) electrons. The van der Waals surface area contributed by atoms with Gasteiger partial charge in [0.05, 0.1) is 26.2 Å². The van der Waals surface area contributed by atoms with Crippen molar-refractivity contribution in [1.29, 1.82) is 0 Å². The van der Waals surface area contributed by atoms with E-state index in [0.29, 0.717) is 12.6 Å². The molecule has 0 aromatic heterocycles. The number of carbonyl (C=O) groups is 1. The number of benzene rings is 1. The molecule has 4 nitrogen and oxygen atoms in total. The smallest absolute Gasteiger partial charge is 0.277 e. The van der Waals surface area contributed by atoms with E-state index in [1.807, 2.05) is 24.1 Å². The summed E-state index contributed by atoms with van der Waals surface area (Å²) in [5, 5.41) is 0. The van der Waals surface area contributed by atoms with Crippen molar-refractivity contribution < 1.29 is 14.1 Å². The molecule has 1 saturated carbocycles. The van der Waals surface area contributed by atoms with Gasteiger partial charge in [0.15, 0.2) is 6.54 Å². The van der Waals surface area contributed by atoms with Crippen molar-refractivity contribution in [1.82, 2.24) is 4.90 Å². The summed E-state index contributed by atoms with van der Waals surface area (Å²) in [6.07, 6.45) is 6.15. The first-order valence-electron chi connectivity index (χ1n) is 9.23. The second-order valence-corrected chi connectivity index (χ2v) is 7.19. The highest BCUT2D eigenvalue weighted by Crippen LogP contribution is 2.21. The van der Waals surface area contributed by atoms with Gasteiger partial charge in [-0.25, -0.2) is 4.39 Å². The van der Waals surface area contributed by atoms with E-state index >= 15 is 0 Å². The minimum absolute atomic E-state index is 0.195. The Hall–Kier alpha value is -1.62. The summed E-state index contributed by atoms with van der Waals surface area (Å²) in [5.41, 5.74) is 1.07. The minimum atomic E-state index is -0.195. The van der Waals surface area contributed by atoms with Crippen LogP contribution in [0.25, 0.3) is 0 Å². The summed E-state index contributed by atoms with van der Waals surface area (Å²) in [7, 11) is 1.98. The van der Waals surface area contributed by atoms with Crippen LogP contribution in [-0.2, 0) is 4.79 Å². The number of rotatable bonds is 4. The Morgan fingerprint density at radius 1 is 1.17 bits per heavy atom. The van der Waals surface area contributed by atoms with Crippen molar-refractivity contribution >= 4 is 11.6 Å². The van der Waals surface area contributed by atoms with Crippen LogP contribution < -0.4 is 9.80 Å². The third-order valence-electron chi connectivity index (χ3n) is 5.58. The van der Waals surface area contributed by atoms with Crippen LogP contribution in [0.5, 0.6) is 0 Å². The average molecular weight is 334 g/mol. The number of amides is 1. The topological polar surface area (TPSA) is 28.0 Å². The van der Waals surface area contributed by atoms with E-state index < -0.39 is 0 Å². The third-order valence-corrected chi connectivity index (χ3v) is 5.58. The van der Waals surface area contributed by atoms with E-state index in [-0.39, 0.29) is 11.7 Å². The lowest BCUT2D eigenvalue weighted by Gasteiger charge is -2.35. The highest BCUT2D eigenvalue weighted by atomic mass is 19.1. The Labute approximate surface area is 144 Å². The van der Waals surface area contributed by atoms with Crippen LogP contribution in [0.3, 0.4) is 0 Å². The highest BCUT2D eigenvalue weighted by Gasteiger charge is 2.27. The monoisotopic (exact) mass is 334 g/mol. The van der Waals surface area contributed by atoms with Gasteiger partial charge >= 0.3 is 0 Å². The van der Waals surface area contributed by atoms with Gasteiger partial charge in [-0.15, -0.1) is 0 Å². The molecule has 2 aliphatic rings. The van der Waals surface area contributed by atoms with Crippen molar-refractivity contribution in [2.75, 3.05) is 44.7 Å². The van der Waals surface area contributed by atoms with Crippen molar-refractivity contribution in [3.63, 3.8) is 0 Å². The zero-order chi connectivity index (χ0) is 16.9. The molecule has 1 aliphatic carbocycles. The average Bonchev–Trinajstić information content (AvgIpc) is 2.63.